The van der Waals surface area contributed by atoms with Crippen molar-refractivity contribution in [1.82, 2.24) is 4.72 Å². The standard InChI is InChI=1S/C12H19FN2O4S2/c1-3-10-21(18,19)14-8-9-15(20(2,16)17)12-7-5-4-6-11(12)13/h4-7,14H,3,8-10H2,1-2H3. The summed E-state index contributed by atoms with van der Waals surface area (Å²) in [5, 5.41) is 0. The fraction of sp³-hybridized carbons (Fsp3) is 0.500. The summed E-state index contributed by atoms with van der Waals surface area (Å²) in [6.45, 7) is 1.42. The molecule has 1 aromatic rings. The van der Waals surface area contributed by atoms with Gasteiger partial charge in [0.1, 0.15) is 5.82 Å². The van der Waals surface area contributed by atoms with Crippen molar-refractivity contribution in [3.63, 3.8) is 0 Å². The summed E-state index contributed by atoms with van der Waals surface area (Å²) in [5.74, 6) is -0.717. The zero-order valence-corrected chi connectivity index (χ0v) is 13.5. The van der Waals surface area contributed by atoms with Gasteiger partial charge in [-0.2, -0.15) is 0 Å². The Morgan fingerprint density at radius 1 is 1.19 bits per heavy atom. The minimum absolute atomic E-state index is 0.0361. The first-order valence-electron chi connectivity index (χ1n) is 6.37. The van der Waals surface area contributed by atoms with Gasteiger partial charge >= 0.3 is 0 Å². The highest BCUT2D eigenvalue weighted by atomic mass is 32.2. The summed E-state index contributed by atoms with van der Waals surface area (Å²) < 4.78 is 63.4. The topological polar surface area (TPSA) is 83.6 Å². The molecule has 6 nitrogen and oxygen atoms in total. The molecule has 9 heteroatoms. The number of halogens is 1. The van der Waals surface area contributed by atoms with Gasteiger partial charge in [0.15, 0.2) is 0 Å². The Balaban J connectivity index is 2.86. The molecule has 0 saturated carbocycles. The summed E-state index contributed by atoms with van der Waals surface area (Å²) in [5.41, 5.74) is -0.102. The second kappa shape index (κ2) is 7.19. The van der Waals surface area contributed by atoms with Crippen LogP contribution in [0.5, 0.6) is 0 Å². The minimum Gasteiger partial charge on any atom is -0.266 e. The molecule has 0 heterocycles. The van der Waals surface area contributed by atoms with Gasteiger partial charge in [-0.1, -0.05) is 19.1 Å². The van der Waals surface area contributed by atoms with E-state index in [1.807, 2.05) is 0 Å². The Bertz CT molecular complexity index is 674. The zero-order chi connectivity index (χ0) is 16.1. The maximum absolute atomic E-state index is 13.7. The number of benzene rings is 1. The van der Waals surface area contributed by atoms with Crippen molar-refractivity contribution in [3.8, 4) is 0 Å². The predicted molar refractivity (Wildman–Crippen MR) is 80.7 cm³/mol. The van der Waals surface area contributed by atoms with Crippen molar-refractivity contribution >= 4 is 25.7 Å². The van der Waals surface area contributed by atoms with Gasteiger partial charge < -0.3 is 0 Å². The number of para-hydroxylation sites is 1. The summed E-state index contributed by atoms with van der Waals surface area (Å²) in [7, 11) is -7.14. The fourth-order valence-electron chi connectivity index (χ4n) is 1.76. The summed E-state index contributed by atoms with van der Waals surface area (Å²) >= 11 is 0. The van der Waals surface area contributed by atoms with E-state index in [4.69, 9.17) is 0 Å². The van der Waals surface area contributed by atoms with E-state index >= 15 is 0 Å². The molecule has 1 aromatic carbocycles. The van der Waals surface area contributed by atoms with Crippen LogP contribution in [0.3, 0.4) is 0 Å². The normalized spacial score (nSPS) is 12.3. The van der Waals surface area contributed by atoms with Crippen LogP contribution in [-0.4, -0.2) is 41.9 Å². The molecule has 0 amide bonds. The average molecular weight is 338 g/mol. The van der Waals surface area contributed by atoms with Crippen LogP contribution in [0, 0.1) is 5.82 Å². The molecular formula is C12H19FN2O4S2. The van der Waals surface area contributed by atoms with E-state index < -0.39 is 25.9 Å². The quantitative estimate of drug-likeness (QED) is 0.764. The maximum Gasteiger partial charge on any atom is 0.232 e. The third-order valence-electron chi connectivity index (χ3n) is 2.63. The Morgan fingerprint density at radius 3 is 2.33 bits per heavy atom. The second-order valence-electron chi connectivity index (χ2n) is 4.50. The van der Waals surface area contributed by atoms with Crippen LogP contribution in [-0.2, 0) is 20.0 Å². The zero-order valence-electron chi connectivity index (χ0n) is 11.9. The fourth-order valence-corrected chi connectivity index (χ4v) is 3.77. The van der Waals surface area contributed by atoms with Crippen LogP contribution in [0.15, 0.2) is 24.3 Å². The molecular weight excluding hydrogens is 319 g/mol. The lowest BCUT2D eigenvalue weighted by Crippen LogP contribution is -2.39. The Kier molecular flexibility index (Phi) is 6.11. The molecule has 0 radical (unpaired) electrons. The lowest BCUT2D eigenvalue weighted by Gasteiger charge is -2.22. The summed E-state index contributed by atoms with van der Waals surface area (Å²) in [4.78, 5) is 0. The highest BCUT2D eigenvalue weighted by Crippen LogP contribution is 2.20. The number of rotatable bonds is 8. The highest BCUT2D eigenvalue weighted by Gasteiger charge is 2.20. The van der Waals surface area contributed by atoms with Gasteiger partial charge in [0.05, 0.1) is 17.7 Å². The number of nitrogens with zero attached hydrogens (tertiary/aromatic N) is 1. The third kappa shape index (κ3) is 5.60. The van der Waals surface area contributed by atoms with E-state index in [1.165, 1.54) is 18.2 Å². The third-order valence-corrected chi connectivity index (χ3v) is 5.40. The van der Waals surface area contributed by atoms with Gasteiger partial charge in [0.25, 0.3) is 0 Å². The number of sulfonamides is 2. The van der Waals surface area contributed by atoms with Crippen LogP contribution in [0.4, 0.5) is 10.1 Å². The maximum atomic E-state index is 13.7. The van der Waals surface area contributed by atoms with E-state index in [-0.39, 0.29) is 24.5 Å². The van der Waals surface area contributed by atoms with E-state index in [9.17, 15) is 21.2 Å². The molecule has 0 aliphatic rings. The molecule has 1 rings (SSSR count). The van der Waals surface area contributed by atoms with E-state index in [0.717, 1.165) is 16.6 Å². The van der Waals surface area contributed by atoms with Crippen LogP contribution in [0.1, 0.15) is 13.3 Å². The Labute approximate surface area is 125 Å². The number of anilines is 1. The van der Waals surface area contributed by atoms with Gasteiger partial charge in [-0.3, -0.25) is 4.31 Å². The van der Waals surface area contributed by atoms with Crippen LogP contribution < -0.4 is 9.03 Å². The molecule has 0 aliphatic carbocycles. The van der Waals surface area contributed by atoms with Crippen LogP contribution in [0.2, 0.25) is 0 Å². The molecule has 0 spiro atoms. The first-order valence-corrected chi connectivity index (χ1v) is 9.87. The molecule has 120 valence electrons. The largest absolute Gasteiger partial charge is 0.266 e. The molecule has 0 unspecified atom stereocenters. The molecule has 0 saturated heterocycles. The molecule has 0 fully saturated rings. The number of nitrogens with one attached hydrogen (secondary N) is 1. The smallest absolute Gasteiger partial charge is 0.232 e. The van der Waals surface area contributed by atoms with E-state index in [1.54, 1.807) is 6.92 Å². The SMILES string of the molecule is CCCS(=O)(=O)NCCN(c1ccccc1F)S(C)(=O)=O. The van der Waals surface area contributed by atoms with E-state index in [2.05, 4.69) is 4.72 Å². The van der Waals surface area contributed by atoms with Gasteiger partial charge in [-0.05, 0) is 18.6 Å². The van der Waals surface area contributed by atoms with Crippen molar-refractivity contribution in [2.45, 2.75) is 13.3 Å². The number of hydrogen-bond acceptors (Lipinski definition) is 4. The Hall–Kier alpha value is -1.19. The lowest BCUT2D eigenvalue weighted by molar-refractivity contribution is 0.575. The molecule has 0 atom stereocenters. The molecule has 0 aromatic heterocycles. The molecule has 21 heavy (non-hydrogen) atoms. The van der Waals surface area contributed by atoms with Gasteiger partial charge in [0.2, 0.25) is 20.0 Å². The minimum atomic E-state index is -3.71. The highest BCUT2D eigenvalue weighted by molar-refractivity contribution is 7.92. The van der Waals surface area contributed by atoms with Gasteiger partial charge in [0, 0.05) is 13.1 Å². The summed E-state index contributed by atoms with van der Waals surface area (Å²) in [6, 6.07) is 5.44. The first kappa shape index (κ1) is 17.9. The second-order valence-corrected chi connectivity index (χ2v) is 8.33. The van der Waals surface area contributed by atoms with E-state index in [0.29, 0.717) is 6.42 Å². The van der Waals surface area contributed by atoms with Crippen molar-refractivity contribution in [2.24, 2.45) is 0 Å². The summed E-state index contributed by atoms with van der Waals surface area (Å²) in [6.07, 6.45) is 1.40. The van der Waals surface area contributed by atoms with Crippen LogP contribution in [0.25, 0.3) is 0 Å². The van der Waals surface area contributed by atoms with Gasteiger partial charge in [-0.15, -0.1) is 0 Å². The van der Waals surface area contributed by atoms with Crippen LogP contribution >= 0.6 is 0 Å². The molecule has 0 aliphatic heterocycles. The van der Waals surface area contributed by atoms with Crippen molar-refractivity contribution in [3.05, 3.63) is 30.1 Å². The van der Waals surface area contributed by atoms with Crippen molar-refractivity contribution in [1.29, 1.82) is 0 Å². The predicted octanol–water partition coefficient (Wildman–Crippen LogP) is 0.921. The monoisotopic (exact) mass is 338 g/mol. The van der Waals surface area contributed by atoms with Gasteiger partial charge in [-0.25, -0.2) is 25.9 Å². The molecule has 0 bridgehead atoms. The van der Waals surface area contributed by atoms with Crippen molar-refractivity contribution < 1.29 is 21.2 Å². The lowest BCUT2D eigenvalue weighted by atomic mass is 10.3. The number of hydrogen-bond donors (Lipinski definition) is 1. The average Bonchev–Trinajstić information content (AvgIpc) is 2.34. The Morgan fingerprint density at radius 2 is 1.81 bits per heavy atom. The van der Waals surface area contributed by atoms with Crippen molar-refractivity contribution in [2.75, 3.05) is 29.4 Å². The first-order chi connectivity index (χ1) is 9.67. The molecule has 1 N–H and O–H groups in total.